The number of benzene rings is 1. The second-order valence-electron chi connectivity index (χ2n) is 6.80. The smallest absolute Gasteiger partial charge is 0.0767 e. The summed E-state index contributed by atoms with van der Waals surface area (Å²) in [6.45, 7) is 12.0. The minimum Gasteiger partial charge on any atom is -0.389 e. The molecule has 0 aliphatic carbocycles. The van der Waals surface area contributed by atoms with Crippen LogP contribution in [0.1, 0.15) is 33.3 Å². The van der Waals surface area contributed by atoms with Gasteiger partial charge in [-0.1, -0.05) is 12.1 Å². The molecule has 0 bridgehead atoms. The Morgan fingerprint density at radius 1 is 1.10 bits per heavy atom. The number of nitrogens with zero attached hydrogens (tertiary/aromatic N) is 1. The summed E-state index contributed by atoms with van der Waals surface area (Å²) in [5, 5.41) is 13.6. The Labute approximate surface area is 128 Å². The molecule has 0 aromatic heterocycles. The van der Waals surface area contributed by atoms with E-state index < -0.39 is 5.60 Å². The molecule has 1 aromatic rings. The van der Waals surface area contributed by atoms with E-state index >= 15 is 0 Å². The first-order valence-electron chi connectivity index (χ1n) is 7.69. The number of rotatable bonds is 5. The summed E-state index contributed by atoms with van der Waals surface area (Å²) in [5.74, 6) is 0. The zero-order chi connectivity index (χ0) is 15.5. The SMILES string of the molecule is CC(C)(O)C(C)(C)NCc1ccc(N2CCOCC2)cc1. The molecular weight excluding hydrogens is 264 g/mol. The van der Waals surface area contributed by atoms with Gasteiger partial charge in [-0.2, -0.15) is 0 Å². The van der Waals surface area contributed by atoms with Gasteiger partial charge in [-0.15, -0.1) is 0 Å². The quantitative estimate of drug-likeness (QED) is 0.873. The van der Waals surface area contributed by atoms with Crippen LogP contribution in [0, 0.1) is 0 Å². The molecule has 2 rings (SSSR count). The minimum absolute atomic E-state index is 0.337. The Morgan fingerprint density at radius 2 is 1.67 bits per heavy atom. The van der Waals surface area contributed by atoms with Crippen LogP contribution >= 0.6 is 0 Å². The third-order valence-corrected chi connectivity index (χ3v) is 4.58. The fraction of sp³-hybridized carbons (Fsp3) is 0.647. The van der Waals surface area contributed by atoms with E-state index in [0.717, 1.165) is 32.8 Å². The summed E-state index contributed by atoms with van der Waals surface area (Å²) in [6.07, 6.45) is 0. The second kappa shape index (κ2) is 6.34. The molecule has 1 aliphatic heterocycles. The van der Waals surface area contributed by atoms with Crippen LogP contribution in [-0.2, 0) is 11.3 Å². The number of anilines is 1. The van der Waals surface area contributed by atoms with Gasteiger partial charge in [0.05, 0.1) is 18.8 Å². The topological polar surface area (TPSA) is 44.7 Å². The third-order valence-electron chi connectivity index (χ3n) is 4.58. The highest BCUT2D eigenvalue weighted by Crippen LogP contribution is 2.22. The molecule has 0 saturated carbocycles. The predicted octanol–water partition coefficient (Wildman–Crippen LogP) is 2.16. The fourth-order valence-electron chi connectivity index (χ4n) is 2.19. The van der Waals surface area contributed by atoms with E-state index in [1.807, 2.05) is 27.7 Å². The first kappa shape index (κ1) is 16.3. The standard InChI is InChI=1S/C17H28N2O2/c1-16(2,17(3,4)20)18-13-14-5-7-15(8-6-14)19-9-11-21-12-10-19/h5-8,18,20H,9-13H2,1-4H3. The maximum Gasteiger partial charge on any atom is 0.0767 e. The summed E-state index contributed by atoms with van der Waals surface area (Å²) in [5.41, 5.74) is 1.38. The summed E-state index contributed by atoms with van der Waals surface area (Å²) >= 11 is 0. The van der Waals surface area contributed by atoms with Gasteiger partial charge in [-0.05, 0) is 45.4 Å². The lowest BCUT2D eigenvalue weighted by atomic mass is 9.86. The molecule has 1 aromatic carbocycles. The molecule has 0 amide bonds. The average Bonchev–Trinajstić information content (AvgIpc) is 2.45. The van der Waals surface area contributed by atoms with Crippen molar-refractivity contribution in [2.45, 2.75) is 45.4 Å². The summed E-state index contributed by atoms with van der Waals surface area (Å²) < 4.78 is 5.38. The van der Waals surface area contributed by atoms with Crippen LogP contribution in [0.2, 0.25) is 0 Å². The molecule has 21 heavy (non-hydrogen) atoms. The van der Waals surface area contributed by atoms with Crippen LogP contribution in [0.5, 0.6) is 0 Å². The number of hydrogen-bond donors (Lipinski definition) is 2. The van der Waals surface area contributed by atoms with Crippen molar-refractivity contribution in [3.63, 3.8) is 0 Å². The van der Waals surface area contributed by atoms with Crippen molar-refractivity contribution < 1.29 is 9.84 Å². The van der Waals surface area contributed by atoms with E-state index in [4.69, 9.17) is 4.74 Å². The van der Waals surface area contributed by atoms with Crippen molar-refractivity contribution >= 4 is 5.69 Å². The van der Waals surface area contributed by atoms with Gasteiger partial charge in [0.25, 0.3) is 0 Å². The van der Waals surface area contributed by atoms with E-state index in [0.29, 0.717) is 0 Å². The minimum atomic E-state index is -0.763. The Morgan fingerprint density at radius 3 is 2.19 bits per heavy atom. The number of nitrogens with one attached hydrogen (secondary N) is 1. The van der Waals surface area contributed by atoms with Crippen molar-refractivity contribution in [1.82, 2.24) is 5.32 Å². The van der Waals surface area contributed by atoms with Crippen LogP contribution in [0.4, 0.5) is 5.69 Å². The highest BCUT2D eigenvalue weighted by Gasteiger charge is 2.34. The number of morpholine rings is 1. The van der Waals surface area contributed by atoms with Gasteiger partial charge in [0.2, 0.25) is 0 Å². The normalized spacial score (nSPS) is 17.1. The molecule has 1 aliphatic rings. The van der Waals surface area contributed by atoms with Crippen molar-refractivity contribution in [2.24, 2.45) is 0 Å². The number of hydrogen-bond acceptors (Lipinski definition) is 4. The lowest BCUT2D eigenvalue weighted by molar-refractivity contribution is -0.00531. The molecule has 4 nitrogen and oxygen atoms in total. The zero-order valence-electron chi connectivity index (χ0n) is 13.6. The first-order chi connectivity index (χ1) is 9.79. The van der Waals surface area contributed by atoms with Crippen LogP contribution in [-0.4, -0.2) is 42.5 Å². The Bertz CT molecular complexity index is 443. The fourth-order valence-corrected chi connectivity index (χ4v) is 2.19. The van der Waals surface area contributed by atoms with Crippen molar-refractivity contribution in [3.8, 4) is 0 Å². The molecule has 4 heteroatoms. The van der Waals surface area contributed by atoms with Gasteiger partial charge >= 0.3 is 0 Å². The molecule has 1 fully saturated rings. The van der Waals surface area contributed by atoms with E-state index in [1.54, 1.807) is 0 Å². The van der Waals surface area contributed by atoms with Gasteiger partial charge in [0, 0.05) is 30.9 Å². The molecule has 2 N–H and O–H groups in total. The molecule has 0 spiro atoms. The van der Waals surface area contributed by atoms with Crippen LogP contribution < -0.4 is 10.2 Å². The van der Waals surface area contributed by atoms with E-state index in [-0.39, 0.29) is 5.54 Å². The highest BCUT2D eigenvalue weighted by molar-refractivity contribution is 5.47. The molecule has 0 unspecified atom stereocenters. The van der Waals surface area contributed by atoms with E-state index in [2.05, 4.69) is 34.5 Å². The molecular formula is C17H28N2O2. The van der Waals surface area contributed by atoms with Gasteiger partial charge in [-0.3, -0.25) is 0 Å². The predicted molar refractivity (Wildman–Crippen MR) is 86.7 cm³/mol. The van der Waals surface area contributed by atoms with Gasteiger partial charge < -0.3 is 20.1 Å². The maximum absolute atomic E-state index is 10.2. The van der Waals surface area contributed by atoms with Crippen molar-refractivity contribution in [2.75, 3.05) is 31.2 Å². The monoisotopic (exact) mass is 292 g/mol. The van der Waals surface area contributed by atoms with Crippen LogP contribution in [0.15, 0.2) is 24.3 Å². The number of ether oxygens (including phenoxy) is 1. The first-order valence-corrected chi connectivity index (χ1v) is 7.69. The summed E-state index contributed by atoms with van der Waals surface area (Å²) in [4.78, 5) is 2.35. The third kappa shape index (κ3) is 4.19. The second-order valence-corrected chi connectivity index (χ2v) is 6.80. The summed E-state index contributed by atoms with van der Waals surface area (Å²) in [7, 11) is 0. The highest BCUT2D eigenvalue weighted by atomic mass is 16.5. The van der Waals surface area contributed by atoms with E-state index in [1.165, 1.54) is 11.3 Å². The number of aliphatic hydroxyl groups is 1. The van der Waals surface area contributed by atoms with Crippen LogP contribution in [0.25, 0.3) is 0 Å². The molecule has 0 atom stereocenters. The molecule has 118 valence electrons. The van der Waals surface area contributed by atoms with Gasteiger partial charge in [0.1, 0.15) is 0 Å². The summed E-state index contributed by atoms with van der Waals surface area (Å²) in [6, 6.07) is 8.63. The van der Waals surface area contributed by atoms with Crippen molar-refractivity contribution in [1.29, 1.82) is 0 Å². The lowest BCUT2D eigenvalue weighted by Crippen LogP contribution is -2.55. The molecule has 0 radical (unpaired) electrons. The Hall–Kier alpha value is -1.10. The lowest BCUT2D eigenvalue weighted by Gasteiger charge is -2.38. The van der Waals surface area contributed by atoms with Crippen molar-refractivity contribution in [3.05, 3.63) is 29.8 Å². The maximum atomic E-state index is 10.2. The molecule has 1 saturated heterocycles. The average molecular weight is 292 g/mol. The van der Waals surface area contributed by atoms with Gasteiger partial charge in [-0.25, -0.2) is 0 Å². The van der Waals surface area contributed by atoms with Crippen LogP contribution in [0.3, 0.4) is 0 Å². The van der Waals surface area contributed by atoms with Gasteiger partial charge in [0.15, 0.2) is 0 Å². The Kier molecular flexibility index (Phi) is 4.91. The Balaban J connectivity index is 1.93. The largest absolute Gasteiger partial charge is 0.389 e. The molecule has 1 heterocycles. The van der Waals surface area contributed by atoms with E-state index in [9.17, 15) is 5.11 Å². The zero-order valence-corrected chi connectivity index (χ0v) is 13.6.